The Bertz CT molecular complexity index is 1090. The van der Waals surface area contributed by atoms with E-state index in [1.54, 1.807) is 0 Å². The van der Waals surface area contributed by atoms with Crippen molar-refractivity contribution in [1.29, 1.82) is 0 Å². The molecular formula is C19H13Cl2F3N2O3. The van der Waals surface area contributed by atoms with Gasteiger partial charge in [-0.05, 0) is 24.3 Å². The SMILES string of the molecule is O=C(CCNc1c(C(=O)O)[nH]c2cc(Cl)cc(Cl)c12)c1ccc(C(F)(F)F)cc1. The van der Waals surface area contributed by atoms with Crippen molar-refractivity contribution in [3.63, 3.8) is 0 Å². The Morgan fingerprint density at radius 1 is 1.10 bits per heavy atom. The van der Waals surface area contributed by atoms with Crippen LogP contribution in [0.1, 0.15) is 32.8 Å². The van der Waals surface area contributed by atoms with Gasteiger partial charge in [0.2, 0.25) is 0 Å². The summed E-state index contributed by atoms with van der Waals surface area (Å²) in [6.07, 6.45) is -4.55. The van der Waals surface area contributed by atoms with Gasteiger partial charge < -0.3 is 15.4 Å². The lowest BCUT2D eigenvalue weighted by molar-refractivity contribution is -0.137. The minimum atomic E-state index is -4.48. The molecule has 5 nitrogen and oxygen atoms in total. The lowest BCUT2D eigenvalue weighted by Gasteiger charge is -2.09. The number of carbonyl (C=O) groups excluding carboxylic acids is 1. The van der Waals surface area contributed by atoms with E-state index in [2.05, 4.69) is 10.3 Å². The van der Waals surface area contributed by atoms with Crippen LogP contribution in [-0.2, 0) is 6.18 Å². The van der Waals surface area contributed by atoms with Gasteiger partial charge >= 0.3 is 12.1 Å². The van der Waals surface area contributed by atoms with Gasteiger partial charge in [0.05, 0.1) is 21.8 Å². The molecule has 0 aliphatic carbocycles. The number of nitrogens with one attached hydrogen (secondary N) is 2. The maximum absolute atomic E-state index is 12.6. The van der Waals surface area contributed by atoms with Crippen molar-refractivity contribution >= 4 is 51.5 Å². The summed E-state index contributed by atoms with van der Waals surface area (Å²) in [6, 6.07) is 6.88. The van der Waals surface area contributed by atoms with E-state index in [1.807, 2.05) is 0 Å². The number of carbonyl (C=O) groups is 2. The van der Waals surface area contributed by atoms with Crippen LogP contribution in [0, 0.1) is 0 Å². The summed E-state index contributed by atoms with van der Waals surface area (Å²) in [7, 11) is 0. The summed E-state index contributed by atoms with van der Waals surface area (Å²) in [5, 5.41) is 13.2. The number of aromatic nitrogens is 1. The van der Waals surface area contributed by atoms with Crippen molar-refractivity contribution in [3.05, 3.63) is 63.3 Å². The number of Topliss-reactive ketones (excluding diaryl/α,β-unsaturated/α-hetero) is 1. The smallest absolute Gasteiger partial charge is 0.416 e. The average molecular weight is 445 g/mol. The Labute approximate surface area is 172 Å². The van der Waals surface area contributed by atoms with Crippen molar-refractivity contribution in [2.45, 2.75) is 12.6 Å². The number of alkyl halides is 3. The van der Waals surface area contributed by atoms with E-state index in [0.29, 0.717) is 15.9 Å². The molecule has 1 heterocycles. The van der Waals surface area contributed by atoms with Crippen molar-refractivity contribution < 1.29 is 27.9 Å². The van der Waals surface area contributed by atoms with Gasteiger partial charge in [-0.25, -0.2) is 4.79 Å². The molecule has 29 heavy (non-hydrogen) atoms. The molecule has 152 valence electrons. The summed E-state index contributed by atoms with van der Waals surface area (Å²) >= 11 is 12.1. The summed E-state index contributed by atoms with van der Waals surface area (Å²) in [5.41, 5.74) is -0.246. The molecule has 1 aromatic heterocycles. The number of benzene rings is 2. The van der Waals surface area contributed by atoms with Crippen LogP contribution in [0.2, 0.25) is 10.0 Å². The van der Waals surface area contributed by atoms with E-state index in [9.17, 15) is 27.9 Å². The number of halogens is 5. The Kier molecular flexibility index (Phi) is 5.77. The van der Waals surface area contributed by atoms with Crippen LogP contribution in [0.25, 0.3) is 10.9 Å². The van der Waals surface area contributed by atoms with E-state index >= 15 is 0 Å². The largest absolute Gasteiger partial charge is 0.477 e. The van der Waals surface area contributed by atoms with Gasteiger partial charge in [0, 0.05) is 28.9 Å². The van der Waals surface area contributed by atoms with Crippen molar-refractivity contribution in [2.75, 3.05) is 11.9 Å². The van der Waals surface area contributed by atoms with Crippen LogP contribution >= 0.6 is 23.2 Å². The topological polar surface area (TPSA) is 82.2 Å². The highest BCUT2D eigenvalue weighted by Crippen LogP contribution is 2.36. The molecule has 0 aliphatic rings. The Hall–Kier alpha value is -2.71. The fourth-order valence-electron chi connectivity index (χ4n) is 2.88. The maximum atomic E-state index is 12.6. The highest BCUT2D eigenvalue weighted by atomic mass is 35.5. The number of fused-ring (bicyclic) bond motifs is 1. The molecule has 0 unspecified atom stereocenters. The molecule has 3 aromatic rings. The first-order valence-electron chi connectivity index (χ1n) is 8.26. The van der Waals surface area contributed by atoms with E-state index in [1.165, 1.54) is 12.1 Å². The van der Waals surface area contributed by atoms with Gasteiger partial charge in [0.15, 0.2) is 5.78 Å². The Morgan fingerprint density at radius 3 is 2.34 bits per heavy atom. The van der Waals surface area contributed by atoms with Crippen LogP contribution in [0.5, 0.6) is 0 Å². The van der Waals surface area contributed by atoms with Crippen molar-refractivity contribution in [2.24, 2.45) is 0 Å². The molecule has 3 rings (SSSR count). The molecule has 0 spiro atoms. The Morgan fingerprint density at radius 2 is 1.76 bits per heavy atom. The summed E-state index contributed by atoms with van der Waals surface area (Å²) in [5.74, 6) is -1.62. The number of anilines is 1. The minimum absolute atomic E-state index is 0.0477. The number of H-pyrrole nitrogens is 1. The zero-order valence-electron chi connectivity index (χ0n) is 14.5. The van der Waals surface area contributed by atoms with E-state index in [0.717, 1.165) is 24.3 Å². The predicted molar refractivity (Wildman–Crippen MR) is 104 cm³/mol. The van der Waals surface area contributed by atoms with Gasteiger partial charge in [0.1, 0.15) is 5.69 Å². The quantitative estimate of drug-likeness (QED) is 0.414. The first-order chi connectivity index (χ1) is 13.6. The summed E-state index contributed by atoms with van der Waals surface area (Å²) in [6.45, 7) is 0.0477. The van der Waals surface area contributed by atoms with Crippen molar-refractivity contribution in [3.8, 4) is 0 Å². The number of aromatic carboxylic acids is 1. The highest BCUT2D eigenvalue weighted by molar-refractivity contribution is 6.40. The van der Waals surface area contributed by atoms with Crippen LogP contribution in [0.15, 0.2) is 36.4 Å². The molecule has 0 fully saturated rings. The van der Waals surface area contributed by atoms with Gasteiger partial charge in [0.25, 0.3) is 0 Å². The molecular weight excluding hydrogens is 432 g/mol. The summed E-state index contributed by atoms with van der Waals surface area (Å²) in [4.78, 5) is 26.5. The number of ketones is 1. The van der Waals surface area contributed by atoms with Crippen LogP contribution in [-0.4, -0.2) is 28.4 Å². The lowest BCUT2D eigenvalue weighted by Crippen LogP contribution is -2.12. The fraction of sp³-hybridized carbons (Fsp3) is 0.158. The van der Waals surface area contributed by atoms with Crippen LogP contribution < -0.4 is 5.32 Å². The standard InChI is InChI=1S/C19H13Cl2F3N2O3/c20-11-7-12(21)15-13(8-11)26-17(18(28)29)16(15)25-6-5-14(27)9-1-3-10(4-2-9)19(22,23)24/h1-4,7-8,25-26H,5-6H2,(H,28,29). The molecule has 0 atom stereocenters. The molecule has 10 heteroatoms. The predicted octanol–water partition coefficient (Wildman–Crippen LogP) is 5.88. The van der Waals surface area contributed by atoms with Gasteiger partial charge in [-0.3, -0.25) is 4.79 Å². The van der Waals surface area contributed by atoms with E-state index in [4.69, 9.17) is 23.2 Å². The second kappa shape index (κ2) is 7.96. The van der Waals surface area contributed by atoms with E-state index < -0.39 is 23.5 Å². The molecule has 0 amide bonds. The second-order valence-corrected chi connectivity index (χ2v) is 7.01. The zero-order chi connectivity index (χ0) is 21.3. The first-order valence-corrected chi connectivity index (χ1v) is 9.02. The number of rotatable bonds is 6. The average Bonchev–Trinajstić information content (AvgIpc) is 3.00. The molecule has 3 N–H and O–H groups in total. The molecule has 0 saturated heterocycles. The van der Waals surface area contributed by atoms with Crippen LogP contribution in [0.4, 0.5) is 18.9 Å². The zero-order valence-corrected chi connectivity index (χ0v) is 16.0. The number of carboxylic acids is 1. The van der Waals surface area contributed by atoms with Gasteiger partial charge in [-0.15, -0.1) is 0 Å². The first kappa shape index (κ1) is 21.0. The number of hydrogen-bond acceptors (Lipinski definition) is 3. The molecule has 0 aliphatic heterocycles. The second-order valence-electron chi connectivity index (χ2n) is 6.17. The van der Waals surface area contributed by atoms with E-state index in [-0.39, 0.29) is 34.9 Å². The third-order valence-electron chi connectivity index (χ3n) is 4.22. The molecule has 0 bridgehead atoms. The highest BCUT2D eigenvalue weighted by Gasteiger charge is 2.30. The minimum Gasteiger partial charge on any atom is -0.477 e. The monoisotopic (exact) mass is 444 g/mol. The molecule has 0 saturated carbocycles. The number of aromatic amines is 1. The van der Waals surface area contributed by atoms with Gasteiger partial charge in [-0.2, -0.15) is 13.2 Å². The molecule has 0 radical (unpaired) electrons. The normalized spacial score (nSPS) is 11.6. The third-order valence-corrected chi connectivity index (χ3v) is 4.73. The fourth-order valence-corrected chi connectivity index (χ4v) is 3.46. The summed E-state index contributed by atoms with van der Waals surface area (Å²) < 4.78 is 37.8. The number of hydrogen-bond donors (Lipinski definition) is 3. The van der Waals surface area contributed by atoms with Gasteiger partial charge in [-0.1, -0.05) is 35.3 Å². The Balaban J connectivity index is 1.76. The number of carboxylic acid groups (broad SMARTS) is 1. The lowest BCUT2D eigenvalue weighted by atomic mass is 10.1. The maximum Gasteiger partial charge on any atom is 0.416 e. The van der Waals surface area contributed by atoms with Crippen molar-refractivity contribution in [1.82, 2.24) is 4.98 Å². The van der Waals surface area contributed by atoms with Crippen LogP contribution in [0.3, 0.4) is 0 Å². The third kappa shape index (κ3) is 4.49. The molecule has 2 aromatic carbocycles.